The van der Waals surface area contributed by atoms with Gasteiger partial charge in [-0.3, -0.25) is 0 Å². The van der Waals surface area contributed by atoms with E-state index < -0.39 is 0 Å². The van der Waals surface area contributed by atoms with Crippen molar-refractivity contribution in [1.82, 2.24) is 0 Å². The fourth-order valence-electron chi connectivity index (χ4n) is 3.87. The van der Waals surface area contributed by atoms with E-state index in [1.165, 1.54) is 0 Å². The van der Waals surface area contributed by atoms with Crippen molar-refractivity contribution in [2.45, 2.75) is 6.92 Å². The Bertz CT molecular complexity index is 1600. The van der Waals surface area contributed by atoms with Gasteiger partial charge < -0.3 is 15.2 Å². The highest BCUT2D eigenvalue weighted by atomic mass is 16.5. The van der Waals surface area contributed by atoms with Crippen molar-refractivity contribution in [3.8, 4) is 11.5 Å². The molecule has 0 fully saturated rings. The highest BCUT2D eigenvalue weighted by Crippen LogP contribution is 2.40. The molecule has 0 radical (unpaired) electrons. The number of rotatable bonds is 7. The highest BCUT2D eigenvalue weighted by Gasteiger charge is 2.10. The van der Waals surface area contributed by atoms with E-state index in [2.05, 4.69) is 25.8 Å². The molecule has 0 bridgehead atoms. The molecular formula is C30H25N5O2. The van der Waals surface area contributed by atoms with E-state index in [-0.39, 0.29) is 5.75 Å². The summed E-state index contributed by atoms with van der Waals surface area (Å²) in [6.45, 7) is 1.92. The van der Waals surface area contributed by atoms with Crippen LogP contribution in [0.15, 0.2) is 124 Å². The first-order valence-corrected chi connectivity index (χ1v) is 11.8. The molecule has 7 nitrogen and oxygen atoms in total. The molecule has 5 aromatic rings. The van der Waals surface area contributed by atoms with Crippen LogP contribution in [0.4, 0.5) is 34.1 Å². The molecule has 0 amide bonds. The van der Waals surface area contributed by atoms with Crippen LogP contribution in [0, 0.1) is 6.92 Å². The van der Waals surface area contributed by atoms with Gasteiger partial charge in [-0.2, -0.15) is 10.2 Å². The van der Waals surface area contributed by atoms with Gasteiger partial charge in [-0.05, 0) is 72.5 Å². The molecule has 7 heteroatoms. The number of phenols is 1. The summed E-state index contributed by atoms with van der Waals surface area (Å²) in [7, 11) is 1.57. The van der Waals surface area contributed by atoms with E-state index in [0.29, 0.717) is 28.2 Å². The zero-order valence-electron chi connectivity index (χ0n) is 20.5. The number of nitrogens with one attached hydrogen (secondary N) is 1. The Kier molecular flexibility index (Phi) is 6.85. The first kappa shape index (κ1) is 23.7. The third-order valence-electron chi connectivity index (χ3n) is 5.82. The second kappa shape index (κ2) is 10.7. The van der Waals surface area contributed by atoms with Gasteiger partial charge in [0.2, 0.25) is 0 Å². The van der Waals surface area contributed by atoms with Gasteiger partial charge in [0.25, 0.3) is 0 Å². The molecule has 0 atom stereocenters. The highest BCUT2D eigenvalue weighted by molar-refractivity contribution is 5.94. The zero-order chi connectivity index (χ0) is 25.6. The van der Waals surface area contributed by atoms with Crippen molar-refractivity contribution in [2.75, 3.05) is 12.4 Å². The van der Waals surface area contributed by atoms with E-state index in [1.807, 2.05) is 97.9 Å². The molecule has 182 valence electrons. The van der Waals surface area contributed by atoms with Crippen LogP contribution in [0.25, 0.3) is 10.8 Å². The minimum atomic E-state index is 0.0662. The third-order valence-corrected chi connectivity index (χ3v) is 5.82. The number of methoxy groups -OCH3 is 1. The largest absolute Gasteiger partial charge is 0.505 e. The monoisotopic (exact) mass is 487 g/mol. The number of hydrogen-bond donors (Lipinski definition) is 2. The van der Waals surface area contributed by atoms with Gasteiger partial charge in [0.15, 0.2) is 5.75 Å². The maximum Gasteiger partial charge on any atom is 0.150 e. The van der Waals surface area contributed by atoms with E-state index in [4.69, 9.17) is 4.74 Å². The van der Waals surface area contributed by atoms with Crippen molar-refractivity contribution < 1.29 is 9.84 Å². The van der Waals surface area contributed by atoms with Crippen molar-refractivity contribution in [2.24, 2.45) is 20.5 Å². The van der Waals surface area contributed by atoms with Crippen LogP contribution >= 0.6 is 0 Å². The summed E-state index contributed by atoms with van der Waals surface area (Å²) < 4.78 is 5.52. The molecule has 0 aliphatic rings. The quantitative estimate of drug-likeness (QED) is 0.224. The predicted molar refractivity (Wildman–Crippen MR) is 148 cm³/mol. The number of aromatic hydroxyl groups is 1. The lowest BCUT2D eigenvalue weighted by Gasteiger charge is -2.10. The minimum absolute atomic E-state index is 0.0662. The van der Waals surface area contributed by atoms with Gasteiger partial charge in [0.1, 0.15) is 17.1 Å². The molecule has 5 aromatic carbocycles. The molecule has 0 unspecified atom stereocenters. The first-order valence-electron chi connectivity index (χ1n) is 11.8. The van der Waals surface area contributed by atoms with Crippen molar-refractivity contribution >= 4 is 44.9 Å². The Hall–Kier alpha value is -5.04. The number of aryl methyl sites for hydroxylation is 1. The summed E-state index contributed by atoms with van der Waals surface area (Å²) in [5.74, 6) is 0.574. The number of phenolic OH excluding ortho intramolecular Hbond substituents is 1. The second-order valence-electron chi connectivity index (χ2n) is 8.41. The van der Waals surface area contributed by atoms with Crippen LogP contribution in [-0.2, 0) is 0 Å². The Balaban J connectivity index is 1.40. The molecule has 0 aromatic heterocycles. The smallest absolute Gasteiger partial charge is 0.150 e. The summed E-state index contributed by atoms with van der Waals surface area (Å²) in [5.41, 5.74) is 5.12. The minimum Gasteiger partial charge on any atom is -0.505 e. The SMILES string of the molecule is COc1cc(N=Nc2ccccc2)c(C)cc1N=Nc1ccc2cc(Nc3ccccc3)ccc2c1O. The summed E-state index contributed by atoms with van der Waals surface area (Å²) >= 11 is 0. The van der Waals surface area contributed by atoms with Gasteiger partial charge in [-0.15, -0.1) is 10.2 Å². The lowest BCUT2D eigenvalue weighted by molar-refractivity contribution is 0.416. The lowest BCUT2D eigenvalue weighted by atomic mass is 10.1. The molecule has 0 saturated heterocycles. The normalized spacial score (nSPS) is 11.4. The van der Waals surface area contributed by atoms with Crippen molar-refractivity contribution in [3.05, 3.63) is 109 Å². The molecule has 0 aliphatic carbocycles. The number of nitrogens with zero attached hydrogens (tertiary/aromatic N) is 4. The number of ether oxygens (including phenoxy) is 1. The van der Waals surface area contributed by atoms with Crippen LogP contribution < -0.4 is 10.1 Å². The van der Waals surface area contributed by atoms with E-state index in [9.17, 15) is 5.11 Å². The average Bonchev–Trinajstić information content (AvgIpc) is 2.93. The Morgan fingerprint density at radius 3 is 2.11 bits per heavy atom. The average molecular weight is 488 g/mol. The molecular weight excluding hydrogens is 462 g/mol. The zero-order valence-corrected chi connectivity index (χ0v) is 20.5. The fourth-order valence-corrected chi connectivity index (χ4v) is 3.87. The predicted octanol–water partition coefficient (Wildman–Crippen LogP) is 9.44. The number of anilines is 2. The maximum absolute atomic E-state index is 10.9. The van der Waals surface area contributed by atoms with Crippen LogP contribution in [0.1, 0.15) is 5.56 Å². The number of benzene rings is 5. The molecule has 5 rings (SSSR count). The van der Waals surface area contributed by atoms with Gasteiger partial charge in [0, 0.05) is 22.8 Å². The third kappa shape index (κ3) is 5.46. The number of para-hydroxylation sites is 1. The van der Waals surface area contributed by atoms with Crippen LogP contribution in [0.5, 0.6) is 11.5 Å². The van der Waals surface area contributed by atoms with Crippen molar-refractivity contribution in [3.63, 3.8) is 0 Å². The van der Waals surface area contributed by atoms with E-state index in [0.717, 1.165) is 28.0 Å². The molecule has 0 saturated carbocycles. The van der Waals surface area contributed by atoms with E-state index >= 15 is 0 Å². The number of fused-ring (bicyclic) bond motifs is 1. The van der Waals surface area contributed by atoms with Crippen LogP contribution in [0.3, 0.4) is 0 Å². The summed E-state index contributed by atoms with van der Waals surface area (Å²) in [4.78, 5) is 0. The second-order valence-corrected chi connectivity index (χ2v) is 8.41. The topological polar surface area (TPSA) is 90.9 Å². The molecule has 0 aliphatic heterocycles. The van der Waals surface area contributed by atoms with Gasteiger partial charge in [-0.1, -0.05) is 42.5 Å². The Labute approximate surface area is 214 Å². The van der Waals surface area contributed by atoms with Gasteiger partial charge >= 0.3 is 0 Å². The van der Waals surface area contributed by atoms with Crippen molar-refractivity contribution in [1.29, 1.82) is 0 Å². The van der Waals surface area contributed by atoms with Crippen LogP contribution in [0.2, 0.25) is 0 Å². The summed E-state index contributed by atoms with van der Waals surface area (Å²) in [6.07, 6.45) is 0. The maximum atomic E-state index is 10.9. The van der Waals surface area contributed by atoms with Crippen LogP contribution in [-0.4, -0.2) is 12.2 Å². The fraction of sp³-hybridized carbons (Fsp3) is 0.0667. The Morgan fingerprint density at radius 1 is 0.649 bits per heavy atom. The standard InChI is InChI=1S/C30H25N5O2/c1-20-17-28(29(37-2)19-27(20)34-32-23-11-7-4-8-12-23)35-33-26-16-13-21-18-24(14-15-25(21)30(26)36)31-22-9-5-3-6-10-22/h3-19,31,36H,1-2H3. The molecule has 0 heterocycles. The summed E-state index contributed by atoms with van der Waals surface area (Å²) in [5, 5.41) is 33.1. The number of hydrogen-bond acceptors (Lipinski definition) is 7. The molecule has 0 spiro atoms. The molecule has 2 N–H and O–H groups in total. The lowest BCUT2D eigenvalue weighted by Crippen LogP contribution is -1.89. The van der Waals surface area contributed by atoms with E-state index in [1.54, 1.807) is 19.2 Å². The van der Waals surface area contributed by atoms with Gasteiger partial charge in [-0.25, -0.2) is 0 Å². The van der Waals surface area contributed by atoms with Gasteiger partial charge in [0.05, 0.1) is 18.5 Å². The first-order chi connectivity index (χ1) is 18.1. The Morgan fingerprint density at radius 2 is 1.35 bits per heavy atom. The number of azo groups is 2. The summed E-state index contributed by atoms with van der Waals surface area (Å²) in [6, 6.07) is 32.5. The molecule has 37 heavy (non-hydrogen) atoms.